The molecule has 0 spiro atoms. The number of amides is 1. The van der Waals surface area contributed by atoms with E-state index in [0.29, 0.717) is 12.0 Å². The molecule has 0 aliphatic carbocycles. The first-order valence-electron chi connectivity index (χ1n) is 9.24. The normalized spacial score (nSPS) is 13.9. The average molecular weight is 407 g/mol. The van der Waals surface area contributed by atoms with Crippen LogP contribution < -0.4 is 10.0 Å². The van der Waals surface area contributed by atoms with Gasteiger partial charge in [0.25, 0.3) is 0 Å². The van der Waals surface area contributed by atoms with E-state index >= 15 is 0 Å². The zero-order valence-electron chi connectivity index (χ0n) is 16.6. The number of hydrogen-bond donors (Lipinski definition) is 2. The van der Waals surface area contributed by atoms with Crippen molar-refractivity contribution in [2.45, 2.75) is 51.1 Å². The fourth-order valence-corrected chi connectivity index (χ4v) is 4.08. The van der Waals surface area contributed by atoms with Crippen molar-refractivity contribution in [1.82, 2.24) is 10.0 Å². The number of benzene rings is 2. The van der Waals surface area contributed by atoms with Gasteiger partial charge in [-0.25, -0.2) is 12.8 Å². The van der Waals surface area contributed by atoms with Crippen LogP contribution in [0.3, 0.4) is 0 Å². The molecule has 0 aliphatic rings. The summed E-state index contributed by atoms with van der Waals surface area (Å²) in [5, 5.41) is 2.72. The Kier molecular flexibility index (Phi) is 7.32. The van der Waals surface area contributed by atoms with E-state index in [1.165, 1.54) is 18.2 Å². The predicted octanol–water partition coefficient (Wildman–Crippen LogP) is 3.70. The number of carbonyl (C=O) groups is 1. The highest BCUT2D eigenvalue weighted by atomic mass is 32.2. The van der Waals surface area contributed by atoms with Crippen molar-refractivity contribution < 1.29 is 17.6 Å². The molecule has 0 bridgehead atoms. The molecule has 2 aromatic rings. The first kappa shape index (κ1) is 22.0. The summed E-state index contributed by atoms with van der Waals surface area (Å²) in [4.78, 5) is 12.9. The minimum absolute atomic E-state index is 0.0836. The lowest BCUT2D eigenvalue weighted by Gasteiger charge is -2.23. The molecule has 2 aromatic carbocycles. The van der Waals surface area contributed by atoms with E-state index < -0.39 is 33.8 Å². The van der Waals surface area contributed by atoms with Gasteiger partial charge in [0.05, 0.1) is 10.9 Å². The van der Waals surface area contributed by atoms with Gasteiger partial charge in [-0.15, -0.1) is 0 Å². The molecule has 2 atom stereocenters. The molecule has 1 amide bonds. The van der Waals surface area contributed by atoms with Crippen LogP contribution in [0.1, 0.15) is 44.4 Å². The van der Waals surface area contributed by atoms with Crippen molar-refractivity contribution in [3.63, 3.8) is 0 Å². The van der Waals surface area contributed by atoms with Crippen LogP contribution in [0, 0.1) is 18.7 Å². The van der Waals surface area contributed by atoms with Crippen LogP contribution in [0.4, 0.5) is 4.39 Å². The van der Waals surface area contributed by atoms with E-state index in [1.807, 2.05) is 20.8 Å². The van der Waals surface area contributed by atoms with Gasteiger partial charge in [0.2, 0.25) is 15.9 Å². The molecule has 0 saturated carbocycles. The molecule has 2 N–H and O–H groups in total. The molecule has 5 nitrogen and oxygen atoms in total. The van der Waals surface area contributed by atoms with Gasteiger partial charge in [-0.3, -0.25) is 4.79 Å². The van der Waals surface area contributed by atoms with Gasteiger partial charge in [-0.05, 0) is 44.4 Å². The Labute approximate surface area is 166 Å². The minimum Gasteiger partial charge on any atom is -0.348 e. The predicted molar refractivity (Wildman–Crippen MR) is 108 cm³/mol. The molecule has 152 valence electrons. The zero-order valence-corrected chi connectivity index (χ0v) is 17.4. The van der Waals surface area contributed by atoms with Crippen LogP contribution in [-0.2, 0) is 14.8 Å². The summed E-state index contributed by atoms with van der Waals surface area (Å²) in [6, 6.07) is 11.0. The molecule has 0 aromatic heterocycles. The zero-order chi connectivity index (χ0) is 20.9. The Balaban J connectivity index is 2.19. The van der Waals surface area contributed by atoms with Crippen molar-refractivity contribution in [2.24, 2.45) is 5.92 Å². The molecule has 0 heterocycles. The summed E-state index contributed by atoms with van der Waals surface area (Å²) in [6.45, 7) is 7.33. The van der Waals surface area contributed by atoms with E-state index in [-0.39, 0.29) is 10.8 Å². The van der Waals surface area contributed by atoms with Crippen LogP contribution in [0.5, 0.6) is 0 Å². The second-order valence-corrected chi connectivity index (χ2v) is 9.08. The Hall–Kier alpha value is -2.25. The summed E-state index contributed by atoms with van der Waals surface area (Å²) < 4.78 is 41.9. The molecule has 28 heavy (non-hydrogen) atoms. The molecule has 0 saturated heterocycles. The van der Waals surface area contributed by atoms with E-state index in [4.69, 9.17) is 0 Å². The highest BCUT2D eigenvalue weighted by molar-refractivity contribution is 7.89. The number of carbonyl (C=O) groups excluding carboxylic acids is 1. The SMILES string of the molecule is Cc1ccc(S(=O)(=O)N[C@H](CC(C)C)C(=O)N[C@H](C)c2ccccc2F)cc1. The molecule has 0 unspecified atom stereocenters. The number of aryl methyl sites for hydroxylation is 1. The van der Waals surface area contributed by atoms with Crippen molar-refractivity contribution in [3.8, 4) is 0 Å². The van der Waals surface area contributed by atoms with E-state index in [0.717, 1.165) is 5.56 Å². The summed E-state index contributed by atoms with van der Waals surface area (Å²) in [7, 11) is -3.86. The number of rotatable bonds is 8. The third-order valence-corrected chi connectivity index (χ3v) is 5.87. The number of halogens is 1. The molecule has 0 radical (unpaired) electrons. The maximum Gasteiger partial charge on any atom is 0.241 e. The third-order valence-electron chi connectivity index (χ3n) is 4.38. The quantitative estimate of drug-likeness (QED) is 0.702. The van der Waals surface area contributed by atoms with Gasteiger partial charge in [0, 0.05) is 5.56 Å². The minimum atomic E-state index is -3.86. The molecule has 0 fully saturated rings. The van der Waals surface area contributed by atoms with Gasteiger partial charge in [0.15, 0.2) is 0 Å². The van der Waals surface area contributed by atoms with Gasteiger partial charge >= 0.3 is 0 Å². The maximum absolute atomic E-state index is 14.0. The Bertz CT molecular complexity index is 912. The summed E-state index contributed by atoms with van der Waals surface area (Å²) in [5.41, 5.74) is 1.29. The van der Waals surface area contributed by atoms with Gasteiger partial charge in [0.1, 0.15) is 11.9 Å². The number of nitrogens with one attached hydrogen (secondary N) is 2. The summed E-state index contributed by atoms with van der Waals surface area (Å²) >= 11 is 0. The number of sulfonamides is 1. The first-order valence-corrected chi connectivity index (χ1v) is 10.7. The number of hydrogen-bond acceptors (Lipinski definition) is 3. The van der Waals surface area contributed by atoms with Crippen LogP contribution >= 0.6 is 0 Å². The van der Waals surface area contributed by atoms with E-state index in [2.05, 4.69) is 10.0 Å². The maximum atomic E-state index is 14.0. The van der Waals surface area contributed by atoms with Crippen molar-refractivity contribution in [2.75, 3.05) is 0 Å². The third kappa shape index (κ3) is 5.87. The van der Waals surface area contributed by atoms with Crippen LogP contribution in [0.15, 0.2) is 53.4 Å². The molecule has 7 heteroatoms. The van der Waals surface area contributed by atoms with Crippen LogP contribution in [0.2, 0.25) is 0 Å². The van der Waals surface area contributed by atoms with Gasteiger partial charge < -0.3 is 5.32 Å². The van der Waals surface area contributed by atoms with Crippen LogP contribution in [-0.4, -0.2) is 20.4 Å². The Morgan fingerprint density at radius 3 is 2.21 bits per heavy atom. The van der Waals surface area contributed by atoms with E-state index in [1.54, 1.807) is 37.3 Å². The largest absolute Gasteiger partial charge is 0.348 e. The highest BCUT2D eigenvalue weighted by Crippen LogP contribution is 2.18. The highest BCUT2D eigenvalue weighted by Gasteiger charge is 2.28. The van der Waals surface area contributed by atoms with Crippen molar-refractivity contribution >= 4 is 15.9 Å². The second kappa shape index (κ2) is 9.30. The second-order valence-electron chi connectivity index (χ2n) is 7.37. The van der Waals surface area contributed by atoms with Crippen molar-refractivity contribution in [1.29, 1.82) is 0 Å². The standard InChI is InChI=1S/C21H27FN2O3S/c1-14(2)13-20(24-28(26,27)17-11-9-15(3)10-12-17)21(25)23-16(4)18-7-5-6-8-19(18)22/h5-12,14,16,20,24H,13H2,1-4H3,(H,23,25)/t16-,20-/m1/s1. The van der Waals surface area contributed by atoms with Crippen molar-refractivity contribution in [3.05, 3.63) is 65.5 Å². The fourth-order valence-electron chi connectivity index (χ4n) is 2.87. The molecular formula is C21H27FN2O3S. The monoisotopic (exact) mass is 406 g/mol. The van der Waals surface area contributed by atoms with Crippen LogP contribution in [0.25, 0.3) is 0 Å². The molecule has 2 rings (SSSR count). The Morgan fingerprint density at radius 2 is 1.64 bits per heavy atom. The van der Waals surface area contributed by atoms with Gasteiger partial charge in [-0.2, -0.15) is 4.72 Å². The van der Waals surface area contributed by atoms with E-state index in [9.17, 15) is 17.6 Å². The Morgan fingerprint density at radius 1 is 1.04 bits per heavy atom. The topological polar surface area (TPSA) is 75.3 Å². The lowest BCUT2D eigenvalue weighted by Crippen LogP contribution is -2.47. The summed E-state index contributed by atoms with van der Waals surface area (Å²) in [5.74, 6) is -0.823. The van der Waals surface area contributed by atoms with Gasteiger partial charge in [-0.1, -0.05) is 49.7 Å². The molecular weight excluding hydrogens is 379 g/mol. The molecule has 0 aliphatic heterocycles. The lowest BCUT2D eigenvalue weighted by atomic mass is 10.0. The first-order chi connectivity index (χ1) is 13.1. The summed E-state index contributed by atoms with van der Waals surface area (Å²) in [6.07, 6.45) is 0.320. The fraction of sp³-hybridized carbons (Fsp3) is 0.381. The average Bonchev–Trinajstić information content (AvgIpc) is 2.61. The lowest BCUT2D eigenvalue weighted by molar-refractivity contribution is -0.123. The smallest absolute Gasteiger partial charge is 0.241 e.